The van der Waals surface area contributed by atoms with Gasteiger partial charge in [-0.05, 0) is 25.5 Å². The standard InChI is InChI=1S/C12H14O5S/c1-8-3-4-10(9(2)7-8)18(14,15)17-12-6-5-11(13)16-12/h3-4,7,12H,5-6H2,1-2H3/t12-/m1/s1. The first-order valence-electron chi connectivity index (χ1n) is 5.58. The van der Waals surface area contributed by atoms with Gasteiger partial charge in [0.05, 0.1) is 11.3 Å². The van der Waals surface area contributed by atoms with Crippen LogP contribution in [0.2, 0.25) is 0 Å². The lowest BCUT2D eigenvalue weighted by molar-refractivity contribution is -0.150. The first kappa shape index (κ1) is 13.0. The molecule has 98 valence electrons. The van der Waals surface area contributed by atoms with Crippen molar-refractivity contribution in [3.63, 3.8) is 0 Å². The second-order valence-corrected chi connectivity index (χ2v) is 5.82. The summed E-state index contributed by atoms with van der Waals surface area (Å²) in [6.07, 6.45) is -0.543. The predicted molar refractivity (Wildman–Crippen MR) is 63.3 cm³/mol. The molecule has 0 N–H and O–H groups in total. The predicted octanol–water partition coefficient (Wildman–Crippen LogP) is 1.67. The molecule has 6 heteroatoms. The van der Waals surface area contributed by atoms with Crippen LogP contribution < -0.4 is 0 Å². The SMILES string of the molecule is Cc1ccc(S(=O)(=O)O[C@@H]2CCC(=O)O2)c(C)c1. The third-order valence-electron chi connectivity index (χ3n) is 2.68. The van der Waals surface area contributed by atoms with Crippen molar-refractivity contribution >= 4 is 16.1 Å². The molecule has 1 aliphatic rings. The van der Waals surface area contributed by atoms with Crippen LogP contribution in [-0.4, -0.2) is 20.7 Å². The molecule has 0 saturated carbocycles. The summed E-state index contributed by atoms with van der Waals surface area (Å²) < 4.78 is 33.7. The van der Waals surface area contributed by atoms with Crippen LogP contribution in [-0.2, 0) is 23.8 Å². The molecule has 0 spiro atoms. The molecule has 1 aliphatic heterocycles. The summed E-state index contributed by atoms with van der Waals surface area (Å²) in [5, 5.41) is 0. The normalized spacial score (nSPS) is 19.9. The Kier molecular flexibility index (Phi) is 3.41. The van der Waals surface area contributed by atoms with Gasteiger partial charge in [0.2, 0.25) is 6.29 Å². The zero-order valence-electron chi connectivity index (χ0n) is 10.2. The number of cyclic esters (lactones) is 1. The minimum atomic E-state index is -3.89. The Bertz CT molecular complexity index is 576. The monoisotopic (exact) mass is 270 g/mol. The summed E-state index contributed by atoms with van der Waals surface area (Å²) >= 11 is 0. The van der Waals surface area contributed by atoms with Gasteiger partial charge >= 0.3 is 16.1 Å². The summed E-state index contributed by atoms with van der Waals surface area (Å²) in [5.74, 6) is -0.434. The first-order valence-corrected chi connectivity index (χ1v) is 6.99. The van der Waals surface area contributed by atoms with Gasteiger partial charge in [-0.2, -0.15) is 8.42 Å². The number of benzene rings is 1. The first-order chi connectivity index (χ1) is 8.38. The topological polar surface area (TPSA) is 69.7 Å². The molecule has 1 atom stereocenters. The minimum Gasteiger partial charge on any atom is -0.434 e. The summed E-state index contributed by atoms with van der Waals surface area (Å²) in [6.45, 7) is 3.58. The third kappa shape index (κ3) is 2.70. The van der Waals surface area contributed by atoms with Crippen molar-refractivity contribution in [2.45, 2.75) is 37.9 Å². The van der Waals surface area contributed by atoms with Crippen molar-refractivity contribution in [2.75, 3.05) is 0 Å². The smallest absolute Gasteiger partial charge is 0.308 e. The van der Waals surface area contributed by atoms with Gasteiger partial charge in [0.25, 0.3) is 0 Å². The molecule has 0 radical (unpaired) electrons. The van der Waals surface area contributed by atoms with Gasteiger partial charge in [0.15, 0.2) is 0 Å². The van der Waals surface area contributed by atoms with Crippen LogP contribution in [0.3, 0.4) is 0 Å². The van der Waals surface area contributed by atoms with E-state index in [0.717, 1.165) is 5.56 Å². The van der Waals surface area contributed by atoms with E-state index in [2.05, 4.69) is 0 Å². The van der Waals surface area contributed by atoms with Crippen LogP contribution in [0.15, 0.2) is 23.1 Å². The number of rotatable bonds is 3. The molecule has 2 rings (SSSR count). The van der Waals surface area contributed by atoms with Crippen molar-refractivity contribution in [1.82, 2.24) is 0 Å². The maximum atomic E-state index is 12.0. The lowest BCUT2D eigenvalue weighted by Gasteiger charge is -2.12. The second kappa shape index (κ2) is 4.70. The maximum absolute atomic E-state index is 12.0. The Morgan fingerprint density at radius 1 is 1.33 bits per heavy atom. The summed E-state index contributed by atoms with van der Waals surface area (Å²) in [7, 11) is -3.89. The van der Waals surface area contributed by atoms with Gasteiger partial charge in [0.1, 0.15) is 0 Å². The molecule has 0 aromatic heterocycles. The van der Waals surface area contributed by atoms with Crippen LogP contribution >= 0.6 is 0 Å². The van der Waals surface area contributed by atoms with Gasteiger partial charge in [-0.3, -0.25) is 4.79 Å². The zero-order valence-corrected chi connectivity index (χ0v) is 11.0. The molecule has 1 fully saturated rings. The molecule has 1 aromatic rings. The molecule has 0 amide bonds. The molecule has 0 aliphatic carbocycles. The number of ether oxygens (including phenoxy) is 1. The fraction of sp³-hybridized carbons (Fsp3) is 0.417. The second-order valence-electron chi connectivity index (χ2n) is 4.28. The molecular formula is C12H14O5S. The molecular weight excluding hydrogens is 256 g/mol. The Morgan fingerprint density at radius 2 is 2.06 bits per heavy atom. The minimum absolute atomic E-state index is 0.107. The Balaban J connectivity index is 2.23. The number of carbonyl (C=O) groups is 1. The van der Waals surface area contributed by atoms with Crippen LogP contribution in [0.5, 0.6) is 0 Å². The van der Waals surface area contributed by atoms with Crippen LogP contribution in [0, 0.1) is 13.8 Å². The maximum Gasteiger partial charge on any atom is 0.308 e. The van der Waals surface area contributed by atoms with E-state index in [1.165, 1.54) is 6.07 Å². The van der Waals surface area contributed by atoms with Crippen molar-refractivity contribution in [3.05, 3.63) is 29.3 Å². The van der Waals surface area contributed by atoms with E-state index in [1.807, 2.05) is 6.92 Å². The zero-order chi connectivity index (χ0) is 13.3. The van der Waals surface area contributed by atoms with E-state index < -0.39 is 22.4 Å². The summed E-state index contributed by atoms with van der Waals surface area (Å²) in [5.41, 5.74) is 1.58. The van der Waals surface area contributed by atoms with E-state index in [1.54, 1.807) is 19.1 Å². The van der Waals surface area contributed by atoms with Crippen LogP contribution in [0.4, 0.5) is 0 Å². The largest absolute Gasteiger partial charge is 0.434 e. The quantitative estimate of drug-likeness (QED) is 0.617. The molecule has 18 heavy (non-hydrogen) atoms. The highest BCUT2D eigenvalue weighted by Gasteiger charge is 2.30. The number of aryl methyl sites for hydroxylation is 2. The van der Waals surface area contributed by atoms with E-state index in [9.17, 15) is 13.2 Å². The van der Waals surface area contributed by atoms with Crippen molar-refractivity contribution in [1.29, 1.82) is 0 Å². The van der Waals surface area contributed by atoms with Crippen molar-refractivity contribution in [3.8, 4) is 0 Å². The molecule has 0 bridgehead atoms. The van der Waals surface area contributed by atoms with Gasteiger partial charge in [-0.25, -0.2) is 4.18 Å². The Hall–Kier alpha value is -1.40. The van der Waals surface area contributed by atoms with Gasteiger partial charge in [-0.1, -0.05) is 17.7 Å². The lowest BCUT2D eigenvalue weighted by atomic mass is 10.2. The van der Waals surface area contributed by atoms with Gasteiger partial charge in [-0.15, -0.1) is 0 Å². The molecule has 0 unspecified atom stereocenters. The average Bonchev–Trinajstić information content (AvgIpc) is 2.62. The highest BCUT2D eigenvalue weighted by Crippen LogP contribution is 2.24. The number of carbonyl (C=O) groups excluding carboxylic acids is 1. The summed E-state index contributed by atoms with van der Waals surface area (Å²) in [6, 6.07) is 4.96. The highest BCUT2D eigenvalue weighted by atomic mass is 32.2. The van der Waals surface area contributed by atoms with Gasteiger partial charge < -0.3 is 4.74 Å². The highest BCUT2D eigenvalue weighted by molar-refractivity contribution is 7.86. The molecule has 5 nitrogen and oxygen atoms in total. The average molecular weight is 270 g/mol. The Labute approximate surface area is 106 Å². The fourth-order valence-corrected chi connectivity index (χ4v) is 3.05. The third-order valence-corrected chi connectivity index (χ3v) is 4.15. The summed E-state index contributed by atoms with van der Waals surface area (Å²) in [4.78, 5) is 11.0. The molecule has 1 aromatic carbocycles. The van der Waals surface area contributed by atoms with E-state index in [0.29, 0.717) is 5.56 Å². The fourth-order valence-electron chi connectivity index (χ4n) is 1.84. The van der Waals surface area contributed by atoms with Crippen molar-refractivity contribution in [2.24, 2.45) is 0 Å². The van der Waals surface area contributed by atoms with Gasteiger partial charge in [0, 0.05) is 6.42 Å². The van der Waals surface area contributed by atoms with E-state index in [4.69, 9.17) is 8.92 Å². The number of esters is 1. The van der Waals surface area contributed by atoms with Crippen molar-refractivity contribution < 1.29 is 22.1 Å². The van der Waals surface area contributed by atoms with E-state index in [-0.39, 0.29) is 17.7 Å². The van der Waals surface area contributed by atoms with Crippen LogP contribution in [0.1, 0.15) is 24.0 Å². The lowest BCUT2D eigenvalue weighted by Crippen LogP contribution is -2.18. The molecule has 1 saturated heterocycles. The number of hydrogen-bond acceptors (Lipinski definition) is 5. The Morgan fingerprint density at radius 3 is 2.61 bits per heavy atom. The van der Waals surface area contributed by atoms with Crippen LogP contribution in [0.25, 0.3) is 0 Å². The molecule has 1 heterocycles. The van der Waals surface area contributed by atoms with E-state index >= 15 is 0 Å². The number of hydrogen-bond donors (Lipinski definition) is 0.